The molecule has 0 saturated carbocycles. The predicted molar refractivity (Wildman–Crippen MR) is 125 cm³/mol. The van der Waals surface area contributed by atoms with Gasteiger partial charge in [-0.1, -0.05) is 25.0 Å². The molecule has 1 aliphatic heterocycles. The highest BCUT2D eigenvalue weighted by molar-refractivity contribution is 5.95. The number of esters is 1. The van der Waals surface area contributed by atoms with Crippen LogP contribution in [0.1, 0.15) is 71.3 Å². The van der Waals surface area contributed by atoms with Gasteiger partial charge in [0.2, 0.25) is 5.91 Å². The maximum atomic E-state index is 11.8. The highest BCUT2D eigenvalue weighted by atomic mass is 16.6. The van der Waals surface area contributed by atoms with Gasteiger partial charge >= 0.3 is 5.97 Å². The fraction of sp³-hybridized carbons (Fsp3) is 0.625. The molecule has 1 aliphatic rings. The molecule has 31 heavy (non-hydrogen) atoms. The third-order valence-electron chi connectivity index (χ3n) is 5.03. The van der Waals surface area contributed by atoms with E-state index in [-0.39, 0.29) is 11.9 Å². The Bertz CT molecular complexity index is 738. The molecule has 2 rings (SSSR count). The molecule has 7 nitrogen and oxygen atoms in total. The molecular weight excluding hydrogens is 392 g/mol. The summed E-state index contributed by atoms with van der Waals surface area (Å²) in [6, 6.07) is 8.11. The van der Waals surface area contributed by atoms with Crippen molar-refractivity contribution in [3.8, 4) is 0 Å². The molecule has 0 spiro atoms. The Balaban J connectivity index is 1.58. The van der Waals surface area contributed by atoms with Gasteiger partial charge in [0.1, 0.15) is 5.60 Å². The number of anilines is 1. The summed E-state index contributed by atoms with van der Waals surface area (Å²) in [5.74, 6) is 0.864. The number of hydrogen-bond acceptors (Lipinski definition) is 4. The SMILES string of the molecule is CN=C(NCCCCCCC(=O)OC(C)(C)C)NCc1ccc(N2CCCC2=O)cc1. The van der Waals surface area contributed by atoms with E-state index in [0.29, 0.717) is 19.4 Å². The number of carbonyl (C=O) groups excluding carboxylic acids is 2. The van der Waals surface area contributed by atoms with E-state index >= 15 is 0 Å². The fourth-order valence-corrected chi connectivity index (χ4v) is 3.47. The Morgan fingerprint density at radius 2 is 1.81 bits per heavy atom. The van der Waals surface area contributed by atoms with Gasteiger partial charge in [0.15, 0.2) is 5.96 Å². The van der Waals surface area contributed by atoms with Crippen molar-refractivity contribution in [3.05, 3.63) is 29.8 Å². The monoisotopic (exact) mass is 430 g/mol. The molecule has 1 amide bonds. The minimum atomic E-state index is -0.404. The van der Waals surface area contributed by atoms with Crippen molar-refractivity contribution in [3.63, 3.8) is 0 Å². The van der Waals surface area contributed by atoms with E-state index in [1.54, 1.807) is 7.05 Å². The number of nitrogens with zero attached hydrogens (tertiary/aromatic N) is 2. The second kappa shape index (κ2) is 12.3. The maximum absolute atomic E-state index is 11.8. The molecular formula is C24H38N4O3. The number of unbranched alkanes of at least 4 members (excludes halogenated alkanes) is 3. The van der Waals surface area contributed by atoms with Crippen LogP contribution in [-0.4, -0.2) is 43.6 Å². The lowest BCUT2D eigenvalue weighted by molar-refractivity contribution is -0.154. The van der Waals surface area contributed by atoms with Gasteiger partial charge in [-0.05, 0) is 57.7 Å². The lowest BCUT2D eigenvalue weighted by atomic mass is 10.1. The van der Waals surface area contributed by atoms with Crippen LogP contribution in [0, 0.1) is 0 Å². The minimum absolute atomic E-state index is 0.115. The van der Waals surface area contributed by atoms with Gasteiger partial charge in [-0.25, -0.2) is 0 Å². The maximum Gasteiger partial charge on any atom is 0.306 e. The van der Waals surface area contributed by atoms with Crippen LogP contribution < -0.4 is 15.5 Å². The van der Waals surface area contributed by atoms with E-state index in [0.717, 1.165) is 62.4 Å². The van der Waals surface area contributed by atoms with E-state index < -0.39 is 5.60 Å². The molecule has 1 fully saturated rings. The first-order valence-corrected chi connectivity index (χ1v) is 11.3. The van der Waals surface area contributed by atoms with Gasteiger partial charge in [-0.3, -0.25) is 14.6 Å². The first-order valence-electron chi connectivity index (χ1n) is 11.3. The summed E-state index contributed by atoms with van der Waals surface area (Å²) in [5.41, 5.74) is 1.71. The summed E-state index contributed by atoms with van der Waals surface area (Å²) in [4.78, 5) is 29.7. The van der Waals surface area contributed by atoms with Gasteiger partial charge in [-0.2, -0.15) is 0 Å². The number of rotatable bonds is 10. The van der Waals surface area contributed by atoms with Crippen LogP contribution in [-0.2, 0) is 20.9 Å². The molecule has 0 atom stereocenters. The zero-order chi connectivity index (χ0) is 22.7. The number of guanidine groups is 1. The molecule has 0 aromatic heterocycles. The zero-order valence-electron chi connectivity index (χ0n) is 19.5. The molecule has 0 aliphatic carbocycles. The quantitative estimate of drug-likeness (QED) is 0.256. The number of benzene rings is 1. The molecule has 172 valence electrons. The minimum Gasteiger partial charge on any atom is -0.460 e. The summed E-state index contributed by atoms with van der Waals surface area (Å²) < 4.78 is 5.32. The van der Waals surface area contributed by atoms with Gasteiger partial charge in [0, 0.05) is 45.2 Å². The Hall–Kier alpha value is -2.57. The molecule has 0 bridgehead atoms. The molecule has 2 N–H and O–H groups in total. The number of nitrogens with one attached hydrogen (secondary N) is 2. The molecule has 0 radical (unpaired) electrons. The van der Waals surface area contributed by atoms with Crippen LogP contribution in [0.4, 0.5) is 5.69 Å². The van der Waals surface area contributed by atoms with E-state index in [9.17, 15) is 9.59 Å². The largest absolute Gasteiger partial charge is 0.460 e. The predicted octanol–water partition coefficient (Wildman–Crippen LogP) is 3.77. The first-order chi connectivity index (χ1) is 14.8. The summed E-state index contributed by atoms with van der Waals surface area (Å²) in [7, 11) is 1.76. The zero-order valence-corrected chi connectivity index (χ0v) is 19.5. The molecule has 7 heteroatoms. The van der Waals surface area contributed by atoms with Crippen molar-refractivity contribution < 1.29 is 14.3 Å². The fourth-order valence-electron chi connectivity index (χ4n) is 3.47. The molecule has 0 unspecified atom stereocenters. The number of hydrogen-bond donors (Lipinski definition) is 2. The van der Waals surface area contributed by atoms with Gasteiger partial charge in [-0.15, -0.1) is 0 Å². The van der Waals surface area contributed by atoms with Crippen LogP contribution in [0.3, 0.4) is 0 Å². The average Bonchev–Trinajstić information content (AvgIpc) is 3.14. The van der Waals surface area contributed by atoms with Gasteiger partial charge in [0.05, 0.1) is 0 Å². The number of amides is 1. The van der Waals surface area contributed by atoms with Crippen LogP contribution in [0.5, 0.6) is 0 Å². The second-order valence-corrected chi connectivity index (χ2v) is 8.92. The Morgan fingerprint density at radius 3 is 2.42 bits per heavy atom. The van der Waals surface area contributed by atoms with Crippen molar-refractivity contribution >= 4 is 23.5 Å². The lowest BCUT2D eigenvalue weighted by Gasteiger charge is -2.19. The number of ether oxygens (including phenoxy) is 1. The highest BCUT2D eigenvalue weighted by Gasteiger charge is 2.21. The standard InChI is InChI=1S/C24H38N4O3/c1-24(2,3)31-22(30)11-7-5-6-8-16-26-23(25-4)27-18-19-12-14-20(15-13-19)28-17-9-10-21(28)29/h12-15H,5-11,16-18H2,1-4H3,(H2,25,26,27). The molecule has 1 aromatic rings. The molecule has 1 aromatic carbocycles. The van der Waals surface area contributed by atoms with E-state index in [1.807, 2.05) is 49.9 Å². The lowest BCUT2D eigenvalue weighted by Crippen LogP contribution is -2.37. The number of aliphatic imine (C=N–C) groups is 1. The smallest absolute Gasteiger partial charge is 0.306 e. The molecule has 1 heterocycles. The van der Waals surface area contributed by atoms with Crippen molar-refractivity contribution in [2.45, 2.75) is 77.9 Å². The van der Waals surface area contributed by atoms with Gasteiger partial charge in [0.25, 0.3) is 0 Å². The van der Waals surface area contributed by atoms with E-state index in [1.165, 1.54) is 0 Å². The molecule has 1 saturated heterocycles. The van der Waals surface area contributed by atoms with Crippen LogP contribution in [0.25, 0.3) is 0 Å². The van der Waals surface area contributed by atoms with Crippen molar-refractivity contribution in [2.75, 3.05) is 25.0 Å². The third kappa shape index (κ3) is 9.40. The van der Waals surface area contributed by atoms with Gasteiger partial charge < -0.3 is 20.3 Å². The Kier molecular flexibility index (Phi) is 9.82. The van der Waals surface area contributed by atoms with Crippen LogP contribution in [0.15, 0.2) is 29.3 Å². The summed E-state index contributed by atoms with van der Waals surface area (Å²) in [6.07, 6.45) is 6.03. The number of carbonyl (C=O) groups is 2. The van der Waals surface area contributed by atoms with Crippen LogP contribution >= 0.6 is 0 Å². The topological polar surface area (TPSA) is 83.0 Å². The van der Waals surface area contributed by atoms with Crippen LogP contribution in [0.2, 0.25) is 0 Å². The van der Waals surface area contributed by atoms with Crippen molar-refractivity contribution in [1.82, 2.24) is 10.6 Å². The average molecular weight is 431 g/mol. The Morgan fingerprint density at radius 1 is 1.10 bits per heavy atom. The highest BCUT2D eigenvalue weighted by Crippen LogP contribution is 2.21. The summed E-state index contributed by atoms with van der Waals surface area (Å²) >= 11 is 0. The Labute approximate surface area is 186 Å². The van der Waals surface area contributed by atoms with Crippen molar-refractivity contribution in [1.29, 1.82) is 0 Å². The third-order valence-corrected chi connectivity index (χ3v) is 5.03. The summed E-state index contributed by atoms with van der Waals surface area (Å²) in [5, 5.41) is 6.65. The normalized spacial score (nSPS) is 14.6. The second-order valence-electron chi connectivity index (χ2n) is 8.92. The van der Waals surface area contributed by atoms with E-state index in [2.05, 4.69) is 15.6 Å². The van der Waals surface area contributed by atoms with E-state index in [4.69, 9.17) is 4.74 Å². The first kappa shape index (κ1) is 24.7. The van der Waals surface area contributed by atoms with Crippen molar-refractivity contribution in [2.24, 2.45) is 4.99 Å². The summed E-state index contributed by atoms with van der Waals surface area (Å²) in [6.45, 7) is 8.00.